The molecule has 1 aliphatic heterocycles. The average molecular weight is 364 g/mol. The van der Waals surface area contributed by atoms with Crippen molar-refractivity contribution in [2.24, 2.45) is 0 Å². The van der Waals surface area contributed by atoms with Gasteiger partial charge < -0.3 is 15.2 Å². The molecule has 0 saturated heterocycles. The fourth-order valence-corrected chi connectivity index (χ4v) is 2.85. The number of amides is 2. The molecule has 7 heteroatoms. The molecule has 116 valence electrons. The standard InChI is InChI=1S/C15H18BrN5O/c1-10(11-4-6-12(16)7-5-11)18-15(22)17-9-14-20-19-13-3-2-8-21(13)14/h4-7,10H,2-3,8-9H2,1H3,(H2,17,18,22)/t10-/m1/s1. The molecule has 2 amide bonds. The molecule has 0 fully saturated rings. The highest BCUT2D eigenvalue weighted by Gasteiger charge is 2.17. The summed E-state index contributed by atoms with van der Waals surface area (Å²) >= 11 is 3.40. The van der Waals surface area contributed by atoms with Crippen LogP contribution in [-0.4, -0.2) is 20.8 Å². The lowest BCUT2D eigenvalue weighted by atomic mass is 10.1. The molecule has 0 aliphatic carbocycles. The molecule has 0 spiro atoms. The van der Waals surface area contributed by atoms with Gasteiger partial charge in [-0.2, -0.15) is 0 Å². The molecule has 1 aromatic carbocycles. The Balaban J connectivity index is 1.53. The van der Waals surface area contributed by atoms with E-state index in [9.17, 15) is 4.79 Å². The maximum Gasteiger partial charge on any atom is 0.315 e. The Bertz CT molecular complexity index is 667. The van der Waals surface area contributed by atoms with Gasteiger partial charge in [0, 0.05) is 17.4 Å². The van der Waals surface area contributed by atoms with Crippen molar-refractivity contribution < 1.29 is 4.79 Å². The number of urea groups is 1. The summed E-state index contributed by atoms with van der Waals surface area (Å²) in [6.07, 6.45) is 2.07. The Labute approximate surface area is 137 Å². The minimum absolute atomic E-state index is 0.0581. The first-order chi connectivity index (χ1) is 10.6. The summed E-state index contributed by atoms with van der Waals surface area (Å²) in [7, 11) is 0. The fraction of sp³-hybridized carbons (Fsp3) is 0.400. The Morgan fingerprint density at radius 2 is 2.14 bits per heavy atom. The molecule has 2 aromatic rings. The number of carbonyl (C=O) groups excluding carboxylic acids is 1. The summed E-state index contributed by atoms with van der Waals surface area (Å²) < 4.78 is 3.10. The van der Waals surface area contributed by atoms with E-state index in [1.165, 1.54) is 0 Å². The fourth-order valence-electron chi connectivity index (χ4n) is 2.58. The highest BCUT2D eigenvalue weighted by atomic mass is 79.9. The van der Waals surface area contributed by atoms with E-state index in [1.54, 1.807) is 0 Å². The maximum atomic E-state index is 12.0. The van der Waals surface area contributed by atoms with E-state index in [1.807, 2.05) is 31.2 Å². The molecular weight excluding hydrogens is 346 g/mol. The van der Waals surface area contributed by atoms with Crippen LogP contribution in [0.5, 0.6) is 0 Å². The van der Waals surface area contributed by atoms with Crippen LogP contribution in [0.1, 0.15) is 36.6 Å². The maximum absolute atomic E-state index is 12.0. The number of benzene rings is 1. The molecule has 1 aromatic heterocycles. The summed E-state index contributed by atoms with van der Waals surface area (Å²) in [6.45, 7) is 3.29. The number of nitrogens with zero attached hydrogens (tertiary/aromatic N) is 3. The van der Waals surface area contributed by atoms with E-state index >= 15 is 0 Å². The second kappa shape index (κ2) is 6.48. The largest absolute Gasteiger partial charge is 0.332 e. The van der Waals surface area contributed by atoms with Gasteiger partial charge in [0.25, 0.3) is 0 Å². The molecule has 2 N–H and O–H groups in total. The van der Waals surface area contributed by atoms with Crippen molar-refractivity contribution >= 4 is 22.0 Å². The van der Waals surface area contributed by atoms with Crippen LogP contribution in [0, 0.1) is 0 Å². The second-order valence-corrected chi connectivity index (χ2v) is 6.30. The van der Waals surface area contributed by atoms with Crippen LogP contribution in [0.4, 0.5) is 4.79 Å². The van der Waals surface area contributed by atoms with Crippen molar-refractivity contribution in [1.82, 2.24) is 25.4 Å². The topological polar surface area (TPSA) is 71.8 Å². The van der Waals surface area contributed by atoms with E-state index < -0.39 is 0 Å². The van der Waals surface area contributed by atoms with Crippen molar-refractivity contribution in [1.29, 1.82) is 0 Å². The minimum atomic E-state index is -0.203. The number of aryl methyl sites for hydroxylation is 1. The van der Waals surface area contributed by atoms with Crippen LogP contribution in [0.2, 0.25) is 0 Å². The van der Waals surface area contributed by atoms with Crippen LogP contribution in [0.3, 0.4) is 0 Å². The zero-order chi connectivity index (χ0) is 15.5. The average Bonchev–Trinajstić information content (AvgIpc) is 3.09. The van der Waals surface area contributed by atoms with Crippen LogP contribution in [0.25, 0.3) is 0 Å². The van der Waals surface area contributed by atoms with E-state index in [-0.39, 0.29) is 12.1 Å². The summed E-state index contributed by atoms with van der Waals surface area (Å²) in [5.41, 5.74) is 1.06. The van der Waals surface area contributed by atoms with Gasteiger partial charge in [-0.1, -0.05) is 28.1 Å². The van der Waals surface area contributed by atoms with Gasteiger partial charge in [-0.05, 0) is 31.0 Å². The summed E-state index contributed by atoms with van der Waals surface area (Å²) in [6, 6.07) is 7.64. The Kier molecular flexibility index (Phi) is 4.42. The summed E-state index contributed by atoms with van der Waals surface area (Å²) in [5.74, 6) is 1.83. The van der Waals surface area contributed by atoms with Crippen molar-refractivity contribution in [3.63, 3.8) is 0 Å². The van der Waals surface area contributed by atoms with Crippen LogP contribution in [0.15, 0.2) is 28.7 Å². The number of fused-ring (bicyclic) bond motifs is 1. The van der Waals surface area contributed by atoms with Crippen molar-refractivity contribution in [3.05, 3.63) is 46.0 Å². The van der Waals surface area contributed by atoms with E-state index in [0.29, 0.717) is 6.54 Å². The molecule has 2 heterocycles. The van der Waals surface area contributed by atoms with Gasteiger partial charge in [0.2, 0.25) is 0 Å². The number of rotatable bonds is 4. The highest BCUT2D eigenvalue weighted by Crippen LogP contribution is 2.16. The lowest BCUT2D eigenvalue weighted by molar-refractivity contribution is 0.237. The Hall–Kier alpha value is -1.89. The van der Waals surface area contributed by atoms with Crippen LogP contribution < -0.4 is 10.6 Å². The van der Waals surface area contributed by atoms with Gasteiger partial charge in [0.15, 0.2) is 5.82 Å². The molecule has 3 rings (SSSR count). The van der Waals surface area contributed by atoms with Crippen molar-refractivity contribution in [2.75, 3.05) is 0 Å². The molecule has 0 bridgehead atoms. The summed E-state index contributed by atoms with van der Waals surface area (Å²) in [5, 5.41) is 14.0. The molecule has 1 atom stereocenters. The third kappa shape index (κ3) is 3.30. The SMILES string of the molecule is C[C@@H](NC(=O)NCc1nnc2n1CCC2)c1ccc(Br)cc1. The van der Waals surface area contributed by atoms with E-state index in [2.05, 4.69) is 41.3 Å². The van der Waals surface area contributed by atoms with E-state index in [4.69, 9.17) is 0 Å². The molecule has 0 saturated carbocycles. The lowest BCUT2D eigenvalue weighted by Gasteiger charge is -2.15. The molecule has 0 unspecified atom stereocenters. The Morgan fingerprint density at radius 1 is 1.36 bits per heavy atom. The minimum Gasteiger partial charge on any atom is -0.332 e. The van der Waals surface area contributed by atoms with Gasteiger partial charge >= 0.3 is 6.03 Å². The first kappa shape index (κ1) is 15.0. The smallest absolute Gasteiger partial charge is 0.315 e. The second-order valence-electron chi connectivity index (χ2n) is 5.39. The van der Waals surface area contributed by atoms with E-state index in [0.717, 1.165) is 41.1 Å². The third-order valence-electron chi connectivity index (χ3n) is 3.81. The monoisotopic (exact) mass is 363 g/mol. The number of halogens is 1. The molecule has 22 heavy (non-hydrogen) atoms. The predicted molar refractivity (Wildman–Crippen MR) is 86.3 cm³/mol. The quantitative estimate of drug-likeness (QED) is 0.876. The molecule has 6 nitrogen and oxygen atoms in total. The van der Waals surface area contributed by atoms with Crippen LogP contribution in [-0.2, 0) is 19.5 Å². The molecule has 1 aliphatic rings. The number of carbonyl (C=O) groups is 1. The number of aromatic nitrogens is 3. The van der Waals surface area contributed by atoms with Gasteiger partial charge in [-0.15, -0.1) is 10.2 Å². The Morgan fingerprint density at radius 3 is 2.91 bits per heavy atom. The van der Waals surface area contributed by atoms with Gasteiger partial charge in [-0.25, -0.2) is 4.79 Å². The highest BCUT2D eigenvalue weighted by molar-refractivity contribution is 9.10. The zero-order valence-corrected chi connectivity index (χ0v) is 13.9. The normalized spacial score (nSPS) is 14.5. The number of hydrogen-bond acceptors (Lipinski definition) is 3. The molecular formula is C15H18BrN5O. The number of hydrogen-bond donors (Lipinski definition) is 2. The van der Waals surface area contributed by atoms with Gasteiger partial charge in [0.1, 0.15) is 5.82 Å². The lowest BCUT2D eigenvalue weighted by Crippen LogP contribution is -2.37. The van der Waals surface area contributed by atoms with Gasteiger partial charge in [-0.3, -0.25) is 0 Å². The van der Waals surface area contributed by atoms with Crippen molar-refractivity contribution in [2.45, 2.75) is 38.9 Å². The number of nitrogens with one attached hydrogen (secondary N) is 2. The predicted octanol–water partition coefficient (Wildman–Crippen LogP) is 2.55. The zero-order valence-electron chi connectivity index (χ0n) is 12.3. The third-order valence-corrected chi connectivity index (χ3v) is 4.34. The van der Waals surface area contributed by atoms with Gasteiger partial charge in [0.05, 0.1) is 12.6 Å². The first-order valence-corrected chi connectivity index (χ1v) is 8.13. The molecule has 0 radical (unpaired) electrons. The summed E-state index contributed by atoms with van der Waals surface area (Å²) in [4.78, 5) is 12.0. The van der Waals surface area contributed by atoms with Crippen molar-refractivity contribution in [3.8, 4) is 0 Å². The first-order valence-electron chi connectivity index (χ1n) is 7.34. The van der Waals surface area contributed by atoms with Crippen LogP contribution >= 0.6 is 15.9 Å².